The fourth-order valence-electron chi connectivity index (χ4n) is 3.12. The summed E-state index contributed by atoms with van der Waals surface area (Å²) in [4.78, 5) is 25.2. The lowest BCUT2D eigenvalue weighted by Crippen LogP contribution is -2.45. The summed E-state index contributed by atoms with van der Waals surface area (Å²) in [6.07, 6.45) is -14.9. The van der Waals surface area contributed by atoms with E-state index in [-0.39, 0.29) is 16.8 Å². The van der Waals surface area contributed by atoms with Crippen LogP contribution >= 0.6 is 0 Å². The normalized spacial score (nSPS) is 12.5. The van der Waals surface area contributed by atoms with E-state index in [4.69, 9.17) is 0 Å². The second kappa shape index (κ2) is 11.1. The molecule has 0 saturated carbocycles. The van der Waals surface area contributed by atoms with Crippen molar-refractivity contribution in [2.45, 2.75) is 24.9 Å². The number of nitrogens with one attached hydrogen (secondary N) is 2. The summed E-state index contributed by atoms with van der Waals surface area (Å²) in [6, 6.07) is 19.3. The van der Waals surface area contributed by atoms with Crippen molar-refractivity contribution in [1.82, 2.24) is 5.32 Å². The molecule has 0 aliphatic rings. The van der Waals surface area contributed by atoms with Crippen molar-refractivity contribution in [3.05, 3.63) is 95.6 Å². The van der Waals surface area contributed by atoms with Gasteiger partial charge in [0.1, 0.15) is 5.75 Å². The number of hydrogen-bond acceptors (Lipinski definition) is 3. The SMILES string of the molecule is O=C(Nc1ccccc1C(=O)NCCc1ccccc1)c1ccc(OC(F)(F)[C@@H](F)C(F)(F)F)cc1. The molecule has 0 aromatic heterocycles. The Hall–Kier alpha value is -4.02. The van der Waals surface area contributed by atoms with Gasteiger partial charge in [0, 0.05) is 12.1 Å². The molecule has 1 atom stereocenters. The van der Waals surface area contributed by atoms with Crippen LogP contribution in [0.5, 0.6) is 5.75 Å². The van der Waals surface area contributed by atoms with Crippen molar-refractivity contribution in [2.24, 2.45) is 0 Å². The molecule has 11 heteroatoms. The Kier molecular flexibility index (Phi) is 8.23. The van der Waals surface area contributed by atoms with E-state index in [9.17, 15) is 35.9 Å². The first kappa shape index (κ1) is 26.6. The molecule has 0 unspecified atom stereocenters. The maximum atomic E-state index is 13.4. The van der Waals surface area contributed by atoms with Crippen LogP contribution in [0.1, 0.15) is 26.3 Å². The molecule has 0 spiro atoms. The molecule has 0 radical (unpaired) electrons. The minimum atomic E-state index is -5.81. The molecule has 0 aliphatic heterocycles. The summed E-state index contributed by atoms with van der Waals surface area (Å²) >= 11 is 0. The van der Waals surface area contributed by atoms with Crippen LogP contribution in [0.4, 0.5) is 32.0 Å². The van der Waals surface area contributed by atoms with Gasteiger partial charge in [0.25, 0.3) is 18.0 Å². The summed E-state index contributed by atoms with van der Waals surface area (Å²) in [6.45, 7) is 0.352. The largest absolute Gasteiger partial charge is 0.439 e. The van der Waals surface area contributed by atoms with E-state index in [1.807, 2.05) is 30.3 Å². The van der Waals surface area contributed by atoms with Crippen LogP contribution in [0.3, 0.4) is 0 Å². The van der Waals surface area contributed by atoms with Crippen LogP contribution < -0.4 is 15.4 Å². The zero-order chi connectivity index (χ0) is 26.3. The van der Waals surface area contributed by atoms with Gasteiger partial charge < -0.3 is 15.4 Å². The van der Waals surface area contributed by atoms with Crippen LogP contribution in [0, 0.1) is 0 Å². The molecule has 2 amide bonds. The van der Waals surface area contributed by atoms with Gasteiger partial charge >= 0.3 is 12.3 Å². The molecule has 5 nitrogen and oxygen atoms in total. The van der Waals surface area contributed by atoms with Crippen molar-refractivity contribution >= 4 is 17.5 Å². The summed E-state index contributed by atoms with van der Waals surface area (Å²) in [5.41, 5.74) is 1.32. The Bertz CT molecular complexity index is 1180. The minimum absolute atomic E-state index is 0.0717. The molecule has 0 saturated heterocycles. The molecule has 190 valence electrons. The van der Waals surface area contributed by atoms with Crippen molar-refractivity contribution in [1.29, 1.82) is 0 Å². The van der Waals surface area contributed by atoms with Crippen molar-refractivity contribution < 1.29 is 40.7 Å². The summed E-state index contributed by atoms with van der Waals surface area (Å²) < 4.78 is 80.4. The molecule has 2 N–H and O–H groups in total. The van der Waals surface area contributed by atoms with Crippen LogP contribution in [0.15, 0.2) is 78.9 Å². The van der Waals surface area contributed by atoms with Gasteiger partial charge in [-0.15, -0.1) is 0 Å². The number of halogens is 6. The lowest BCUT2D eigenvalue weighted by Gasteiger charge is -2.23. The average Bonchev–Trinajstić information content (AvgIpc) is 2.84. The van der Waals surface area contributed by atoms with Crippen molar-refractivity contribution in [3.8, 4) is 5.75 Å². The average molecular weight is 510 g/mol. The van der Waals surface area contributed by atoms with E-state index >= 15 is 0 Å². The van der Waals surface area contributed by atoms with Crippen LogP contribution in [-0.2, 0) is 6.42 Å². The fraction of sp³-hybridized carbons (Fsp3) is 0.200. The number of hydrogen-bond donors (Lipinski definition) is 2. The number of alkyl halides is 6. The molecule has 3 aromatic carbocycles. The zero-order valence-electron chi connectivity index (χ0n) is 18.5. The highest BCUT2D eigenvalue weighted by molar-refractivity contribution is 6.09. The van der Waals surface area contributed by atoms with Crippen LogP contribution in [0.25, 0.3) is 0 Å². The third kappa shape index (κ3) is 7.00. The monoisotopic (exact) mass is 510 g/mol. The van der Waals surface area contributed by atoms with Crippen LogP contribution in [-0.4, -0.2) is 36.8 Å². The summed E-state index contributed by atoms with van der Waals surface area (Å²) in [5.74, 6) is -1.93. The molecule has 0 bridgehead atoms. The van der Waals surface area contributed by atoms with Crippen molar-refractivity contribution in [3.63, 3.8) is 0 Å². The van der Waals surface area contributed by atoms with E-state index in [0.29, 0.717) is 13.0 Å². The number of carbonyl (C=O) groups excluding carboxylic acids is 2. The third-order valence-corrected chi connectivity index (χ3v) is 4.91. The standard InChI is InChI=1S/C25H20F6N2O3/c26-23(24(27,28)29)25(30,31)36-18-12-10-17(11-13-18)21(34)33-20-9-5-4-8-19(20)22(35)32-15-14-16-6-2-1-3-7-16/h1-13,23H,14-15H2,(H,32,35)(H,33,34)/t23-/m0/s1. The Labute approximate surface area is 202 Å². The maximum absolute atomic E-state index is 13.4. The molecule has 0 fully saturated rings. The Balaban J connectivity index is 1.63. The zero-order valence-corrected chi connectivity index (χ0v) is 18.5. The van der Waals surface area contributed by atoms with Gasteiger partial charge in [0.05, 0.1) is 11.3 Å². The predicted molar refractivity (Wildman–Crippen MR) is 120 cm³/mol. The first-order valence-corrected chi connectivity index (χ1v) is 10.6. The lowest BCUT2D eigenvalue weighted by molar-refractivity contribution is -0.304. The summed E-state index contributed by atoms with van der Waals surface area (Å²) in [5, 5.41) is 5.29. The lowest BCUT2D eigenvalue weighted by atomic mass is 10.1. The highest BCUT2D eigenvalue weighted by Gasteiger charge is 2.59. The molecular formula is C25H20F6N2O3. The molecule has 3 aromatic rings. The second-order valence-electron chi connectivity index (χ2n) is 7.58. The molecule has 3 rings (SSSR count). The predicted octanol–water partition coefficient (Wildman–Crippen LogP) is 5.78. The Morgan fingerprint density at radius 1 is 0.806 bits per heavy atom. The molecule has 0 aliphatic carbocycles. The van der Waals surface area contributed by atoms with Gasteiger partial charge in [-0.25, -0.2) is 4.39 Å². The second-order valence-corrected chi connectivity index (χ2v) is 7.58. The molecular weight excluding hydrogens is 490 g/mol. The van der Waals surface area contributed by atoms with Gasteiger partial charge in [0.2, 0.25) is 0 Å². The Morgan fingerprint density at radius 2 is 1.42 bits per heavy atom. The van der Waals surface area contributed by atoms with Crippen LogP contribution in [0.2, 0.25) is 0 Å². The first-order chi connectivity index (χ1) is 17.0. The number of anilines is 1. The van der Waals surface area contributed by atoms with E-state index in [0.717, 1.165) is 29.8 Å². The van der Waals surface area contributed by atoms with E-state index < -0.39 is 36.0 Å². The topological polar surface area (TPSA) is 67.4 Å². The number of amides is 2. The minimum Gasteiger partial charge on any atom is -0.430 e. The molecule has 36 heavy (non-hydrogen) atoms. The number of para-hydroxylation sites is 1. The van der Waals surface area contributed by atoms with Gasteiger partial charge in [-0.3, -0.25) is 9.59 Å². The quantitative estimate of drug-likeness (QED) is 0.359. The van der Waals surface area contributed by atoms with Gasteiger partial charge in [-0.1, -0.05) is 42.5 Å². The van der Waals surface area contributed by atoms with Gasteiger partial charge in [-0.05, 0) is 48.4 Å². The highest BCUT2D eigenvalue weighted by Crippen LogP contribution is 2.36. The third-order valence-electron chi connectivity index (χ3n) is 4.91. The first-order valence-electron chi connectivity index (χ1n) is 10.6. The highest BCUT2D eigenvalue weighted by atomic mass is 19.4. The Morgan fingerprint density at radius 3 is 2.06 bits per heavy atom. The smallest absolute Gasteiger partial charge is 0.430 e. The van der Waals surface area contributed by atoms with E-state index in [1.165, 1.54) is 12.1 Å². The van der Waals surface area contributed by atoms with Gasteiger partial charge in [-0.2, -0.15) is 22.0 Å². The van der Waals surface area contributed by atoms with Crippen molar-refractivity contribution in [2.75, 3.05) is 11.9 Å². The maximum Gasteiger partial charge on any atom is 0.439 e. The number of rotatable bonds is 9. The van der Waals surface area contributed by atoms with E-state index in [1.54, 1.807) is 12.1 Å². The number of carbonyl (C=O) groups is 2. The van der Waals surface area contributed by atoms with E-state index in [2.05, 4.69) is 15.4 Å². The summed E-state index contributed by atoms with van der Waals surface area (Å²) in [7, 11) is 0. The van der Waals surface area contributed by atoms with Gasteiger partial charge in [0.15, 0.2) is 0 Å². The molecule has 0 heterocycles. The fourth-order valence-corrected chi connectivity index (χ4v) is 3.12. The number of ether oxygens (including phenoxy) is 1. The number of benzene rings is 3.